The topological polar surface area (TPSA) is 111 Å². The average molecular weight is 604 g/mol. The summed E-state index contributed by atoms with van der Waals surface area (Å²) in [5.41, 5.74) is 2.46. The van der Waals surface area contributed by atoms with E-state index in [2.05, 4.69) is 32.3 Å². The maximum atomic E-state index is 13.1. The summed E-state index contributed by atoms with van der Waals surface area (Å²) in [7, 11) is -3.14. The third kappa shape index (κ3) is 5.59. The van der Waals surface area contributed by atoms with Crippen LogP contribution in [0.1, 0.15) is 44.6 Å². The molecule has 1 N–H and O–H groups in total. The molecule has 2 amide bonds. The number of aromatic nitrogens is 2. The summed E-state index contributed by atoms with van der Waals surface area (Å²) < 4.78 is 26.8. The lowest BCUT2D eigenvalue weighted by Crippen LogP contribution is -2.59. The smallest absolute Gasteiger partial charge is 0.344 e. The zero-order chi connectivity index (χ0) is 29.0. The van der Waals surface area contributed by atoms with Crippen LogP contribution in [-0.4, -0.2) is 102 Å². The highest BCUT2D eigenvalue weighted by Gasteiger charge is 2.51. The van der Waals surface area contributed by atoms with E-state index in [1.807, 2.05) is 11.0 Å². The van der Waals surface area contributed by atoms with Crippen molar-refractivity contribution in [2.24, 2.45) is 5.41 Å². The fourth-order valence-corrected chi connectivity index (χ4v) is 8.43. The molecule has 2 aromatic rings. The first kappa shape index (κ1) is 28.4. The first-order valence-electron chi connectivity index (χ1n) is 14.3. The second kappa shape index (κ2) is 10.6. The van der Waals surface area contributed by atoms with E-state index in [0.717, 1.165) is 64.0 Å². The van der Waals surface area contributed by atoms with Gasteiger partial charge in [-0.2, -0.15) is 4.68 Å². The lowest BCUT2D eigenvalue weighted by Gasteiger charge is -2.46. The molecule has 0 unspecified atom stereocenters. The molecule has 1 aromatic heterocycles. The number of nitrogens with zero attached hydrogens (tertiary/aromatic N) is 6. The molecule has 6 rings (SSSR count). The predicted molar refractivity (Wildman–Crippen MR) is 158 cm³/mol. The molecule has 5 heterocycles. The van der Waals surface area contributed by atoms with Crippen LogP contribution in [0.4, 0.5) is 16.3 Å². The molecule has 0 saturated carbocycles. The Morgan fingerprint density at radius 1 is 1.02 bits per heavy atom. The van der Waals surface area contributed by atoms with Crippen molar-refractivity contribution < 1.29 is 18.0 Å². The Labute approximate surface area is 246 Å². The highest BCUT2D eigenvalue weighted by molar-refractivity contribution is 7.88. The van der Waals surface area contributed by atoms with E-state index in [0.29, 0.717) is 37.0 Å². The molecule has 0 atom stereocenters. The Morgan fingerprint density at radius 3 is 2.49 bits per heavy atom. The fraction of sp³-hybridized carbons (Fsp3) is 0.607. The van der Waals surface area contributed by atoms with Crippen LogP contribution in [0.5, 0.6) is 0 Å². The highest BCUT2D eigenvalue weighted by Crippen LogP contribution is 2.45. The number of sulfonamides is 1. The molecule has 0 aliphatic carbocycles. The van der Waals surface area contributed by atoms with E-state index in [-0.39, 0.29) is 22.9 Å². The maximum Gasteiger partial charge on any atom is 0.344 e. The van der Waals surface area contributed by atoms with E-state index in [1.165, 1.54) is 23.4 Å². The Morgan fingerprint density at radius 2 is 1.78 bits per heavy atom. The first-order chi connectivity index (χ1) is 19.5. The maximum absolute atomic E-state index is 13.1. The molecule has 4 saturated heterocycles. The Bertz CT molecular complexity index is 1450. The number of halogens is 1. The van der Waals surface area contributed by atoms with Gasteiger partial charge in [-0.1, -0.05) is 17.7 Å². The van der Waals surface area contributed by atoms with E-state index in [4.69, 9.17) is 11.6 Å². The third-order valence-electron chi connectivity index (χ3n) is 9.47. The van der Waals surface area contributed by atoms with Gasteiger partial charge >= 0.3 is 6.03 Å². The number of anilines is 2. The molecule has 222 valence electrons. The molecular weight excluding hydrogens is 566 g/mol. The molecule has 4 aliphatic heterocycles. The van der Waals surface area contributed by atoms with Crippen LogP contribution in [0, 0.1) is 5.41 Å². The Kier molecular flexibility index (Phi) is 7.32. The summed E-state index contributed by atoms with van der Waals surface area (Å²) in [6.07, 6.45) is 7.89. The minimum Gasteiger partial charge on any atom is -0.371 e. The summed E-state index contributed by atoms with van der Waals surface area (Å²) in [4.78, 5) is 31.3. The molecule has 13 heteroatoms. The standard InChI is InChI=1S/C28H38ClN7O4S/c1-21(37)30-25-6-12-36(31-25)26(38)32-14-9-28(10-15-32)7-3-11-34(28)17-22-4-5-23(29)16-24(22)33-13-8-27(18-33)19-35(20-27)41(2,39)40/h4-6,12,16H,3,7-11,13-15,17-20H2,1-2H3,(H,30,31,37). The molecule has 0 radical (unpaired) electrons. The fourth-order valence-electron chi connectivity index (χ4n) is 7.25. The zero-order valence-corrected chi connectivity index (χ0v) is 25.3. The number of rotatable bonds is 5. The lowest BCUT2D eigenvalue weighted by molar-refractivity contribution is -0.114. The van der Waals surface area contributed by atoms with Gasteiger partial charge in [0.15, 0.2) is 5.82 Å². The SMILES string of the molecule is CC(=O)Nc1ccn(C(=O)N2CCC3(CCCN3Cc3ccc(Cl)cc3N3CCC4(C3)CN(S(C)(=O)=O)C4)CC2)n1. The number of hydrogen-bond donors (Lipinski definition) is 1. The summed E-state index contributed by atoms with van der Waals surface area (Å²) in [5, 5.41) is 7.53. The molecular formula is C28H38ClN7O4S. The molecule has 4 aliphatic rings. The second-order valence-corrected chi connectivity index (χ2v) is 14.7. The zero-order valence-electron chi connectivity index (χ0n) is 23.7. The predicted octanol–water partition coefficient (Wildman–Crippen LogP) is 3.07. The minimum absolute atomic E-state index is 0.0222. The van der Waals surface area contributed by atoms with Gasteiger partial charge in [0.1, 0.15) is 0 Å². The van der Waals surface area contributed by atoms with Crippen LogP contribution < -0.4 is 10.2 Å². The van der Waals surface area contributed by atoms with Crippen molar-refractivity contribution in [3.8, 4) is 0 Å². The van der Waals surface area contributed by atoms with E-state index >= 15 is 0 Å². The number of carbonyl (C=O) groups excluding carboxylic acids is 2. The van der Waals surface area contributed by atoms with Gasteiger partial charge in [-0.3, -0.25) is 9.69 Å². The summed E-state index contributed by atoms with van der Waals surface area (Å²) in [6.45, 7) is 7.48. The van der Waals surface area contributed by atoms with Gasteiger partial charge in [0.2, 0.25) is 15.9 Å². The van der Waals surface area contributed by atoms with E-state index < -0.39 is 10.0 Å². The minimum atomic E-state index is -3.14. The number of hydrogen-bond acceptors (Lipinski definition) is 7. The Hall–Kier alpha value is -2.67. The van der Waals surface area contributed by atoms with Crippen LogP contribution >= 0.6 is 11.6 Å². The number of nitrogens with one attached hydrogen (secondary N) is 1. The lowest BCUT2D eigenvalue weighted by atomic mass is 9.81. The Balaban J connectivity index is 1.12. The van der Waals surface area contributed by atoms with Crippen molar-refractivity contribution in [3.63, 3.8) is 0 Å². The third-order valence-corrected chi connectivity index (χ3v) is 10.9. The van der Waals surface area contributed by atoms with Gasteiger partial charge in [-0.05, 0) is 56.3 Å². The second-order valence-electron chi connectivity index (χ2n) is 12.3. The van der Waals surface area contributed by atoms with Crippen LogP contribution in [-0.2, 0) is 21.4 Å². The summed E-state index contributed by atoms with van der Waals surface area (Å²) >= 11 is 6.49. The monoisotopic (exact) mass is 603 g/mol. The summed E-state index contributed by atoms with van der Waals surface area (Å²) in [5.74, 6) is 0.146. The molecule has 41 heavy (non-hydrogen) atoms. The van der Waals surface area contributed by atoms with Gasteiger partial charge in [-0.15, -0.1) is 5.10 Å². The average Bonchev–Trinajstić information content (AvgIpc) is 3.63. The number of likely N-dealkylation sites (tertiary alicyclic amines) is 2. The first-order valence-corrected chi connectivity index (χ1v) is 16.5. The quantitative estimate of drug-likeness (QED) is 0.559. The molecule has 2 spiro atoms. The van der Waals surface area contributed by atoms with Crippen molar-refractivity contribution in [1.29, 1.82) is 0 Å². The molecule has 1 aromatic carbocycles. The van der Waals surface area contributed by atoms with E-state index in [1.54, 1.807) is 16.6 Å². The highest BCUT2D eigenvalue weighted by atomic mass is 35.5. The largest absolute Gasteiger partial charge is 0.371 e. The van der Waals surface area contributed by atoms with Gasteiger partial charge < -0.3 is 15.1 Å². The van der Waals surface area contributed by atoms with Crippen LogP contribution in [0.25, 0.3) is 0 Å². The number of piperidine rings is 1. The summed E-state index contributed by atoms with van der Waals surface area (Å²) in [6, 6.07) is 7.62. The normalized spacial score (nSPS) is 22.4. The van der Waals surface area contributed by atoms with Crippen molar-refractivity contribution in [2.75, 3.05) is 62.3 Å². The van der Waals surface area contributed by atoms with Gasteiger partial charge in [-0.25, -0.2) is 17.5 Å². The van der Waals surface area contributed by atoms with Crippen molar-refractivity contribution >= 4 is 45.1 Å². The van der Waals surface area contributed by atoms with Gasteiger partial charge in [0.05, 0.1) is 6.26 Å². The number of amides is 2. The molecule has 0 bridgehead atoms. The van der Waals surface area contributed by atoms with Crippen LogP contribution in [0.2, 0.25) is 5.02 Å². The van der Waals surface area contributed by atoms with Crippen molar-refractivity contribution in [1.82, 2.24) is 23.9 Å². The molecule has 4 fully saturated rings. The van der Waals surface area contributed by atoms with Gasteiger partial charge in [0.25, 0.3) is 0 Å². The van der Waals surface area contributed by atoms with Gasteiger partial charge in [0, 0.05) is 86.7 Å². The van der Waals surface area contributed by atoms with Crippen molar-refractivity contribution in [3.05, 3.63) is 41.0 Å². The van der Waals surface area contributed by atoms with Crippen molar-refractivity contribution in [2.45, 2.75) is 51.1 Å². The van der Waals surface area contributed by atoms with Crippen LogP contribution in [0.3, 0.4) is 0 Å². The number of carbonyl (C=O) groups is 2. The van der Waals surface area contributed by atoms with E-state index in [9.17, 15) is 18.0 Å². The van der Waals surface area contributed by atoms with Crippen LogP contribution in [0.15, 0.2) is 30.5 Å². The molecule has 11 nitrogen and oxygen atoms in total. The number of benzene rings is 1.